The SMILES string of the molecule is COc1cccc(NC(=O)N(Cc2ccccc2)C(C)c2nc3cc(Cl)ccc3c(=O)n2-c2ccc(C)cc2)c1. The van der Waals surface area contributed by atoms with Gasteiger partial charge in [-0.15, -0.1) is 0 Å². The fraction of sp³-hybridized carbons (Fsp3) is 0.156. The molecule has 0 aliphatic heterocycles. The van der Waals surface area contributed by atoms with Crippen LogP contribution >= 0.6 is 11.6 Å². The average Bonchev–Trinajstić information content (AvgIpc) is 2.96. The lowest BCUT2D eigenvalue weighted by Crippen LogP contribution is -2.39. The van der Waals surface area contributed by atoms with E-state index in [4.69, 9.17) is 21.3 Å². The van der Waals surface area contributed by atoms with Crippen LogP contribution in [0.25, 0.3) is 16.6 Å². The monoisotopic (exact) mass is 552 g/mol. The van der Waals surface area contributed by atoms with Crippen molar-refractivity contribution in [3.63, 3.8) is 0 Å². The predicted molar refractivity (Wildman–Crippen MR) is 159 cm³/mol. The number of benzene rings is 4. The van der Waals surface area contributed by atoms with Gasteiger partial charge < -0.3 is 15.0 Å². The minimum Gasteiger partial charge on any atom is -0.497 e. The van der Waals surface area contributed by atoms with Gasteiger partial charge >= 0.3 is 6.03 Å². The number of nitrogens with one attached hydrogen (secondary N) is 1. The summed E-state index contributed by atoms with van der Waals surface area (Å²) in [5.74, 6) is 1.04. The largest absolute Gasteiger partial charge is 0.497 e. The van der Waals surface area contributed by atoms with Crippen molar-refractivity contribution in [3.8, 4) is 11.4 Å². The third kappa shape index (κ3) is 5.70. The Labute approximate surface area is 237 Å². The van der Waals surface area contributed by atoms with Crippen LogP contribution in [0, 0.1) is 6.92 Å². The second-order valence-electron chi connectivity index (χ2n) is 9.56. The minimum atomic E-state index is -0.608. The zero-order valence-electron chi connectivity index (χ0n) is 22.5. The third-order valence-electron chi connectivity index (χ3n) is 6.77. The van der Waals surface area contributed by atoms with Gasteiger partial charge in [0.15, 0.2) is 0 Å². The number of aromatic nitrogens is 2. The smallest absolute Gasteiger partial charge is 0.322 e. The van der Waals surface area contributed by atoms with E-state index in [1.807, 2.05) is 80.6 Å². The molecule has 8 heteroatoms. The topological polar surface area (TPSA) is 76.5 Å². The lowest BCUT2D eigenvalue weighted by atomic mass is 10.1. The van der Waals surface area contributed by atoms with Gasteiger partial charge in [-0.1, -0.05) is 65.7 Å². The molecule has 0 fully saturated rings. The molecule has 4 aromatic carbocycles. The first-order chi connectivity index (χ1) is 19.3. The number of anilines is 1. The summed E-state index contributed by atoms with van der Waals surface area (Å²) in [5, 5.41) is 3.90. The molecular formula is C32H29ClN4O3. The van der Waals surface area contributed by atoms with Crippen LogP contribution in [0.4, 0.5) is 10.5 Å². The second-order valence-corrected chi connectivity index (χ2v) is 10.00. The van der Waals surface area contributed by atoms with E-state index in [1.165, 1.54) is 0 Å². The Bertz CT molecular complexity index is 1720. The van der Waals surface area contributed by atoms with Gasteiger partial charge in [0.2, 0.25) is 0 Å². The number of nitrogens with zero attached hydrogens (tertiary/aromatic N) is 3. The minimum absolute atomic E-state index is 0.236. The number of fused-ring (bicyclic) bond motifs is 1. The predicted octanol–water partition coefficient (Wildman–Crippen LogP) is 7.15. The van der Waals surface area contributed by atoms with Gasteiger partial charge in [0.1, 0.15) is 11.6 Å². The van der Waals surface area contributed by atoms with Crippen LogP contribution in [-0.4, -0.2) is 27.6 Å². The van der Waals surface area contributed by atoms with E-state index >= 15 is 0 Å². The summed E-state index contributed by atoms with van der Waals surface area (Å²) in [5.41, 5.74) is 3.48. The number of aryl methyl sites for hydroxylation is 1. The molecule has 1 unspecified atom stereocenters. The summed E-state index contributed by atoms with van der Waals surface area (Å²) in [7, 11) is 1.58. The van der Waals surface area contributed by atoms with Crippen LogP contribution in [0.5, 0.6) is 5.75 Å². The molecule has 2 amide bonds. The third-order valence-corrected chi connectivity index (χ3v) is 7.00. The number of rotatable bonds is 7. The fourth-order valence-electron chi connectivity index (χ4n) is 4.60. The van der Waals surface area contributed by atoms with Crippen molar-refractivity contribution in [1.29, 1.82) is 0 Å². The molecule has 0 spiro atoms. The maximum atomic E-state index is 13.9. The van der Waals surface area contributed by atoms with E-state index in [1.54, 1.807) is 46.9 Å². The highest BCUT2D eigenvalue weighted by Gasteiger charge is 2.27. The Hall–Kier alpha value is -4.62. The van der Waals surface area contributed by atoms with E-state index in [9.17, 15) is 9.59 Å². The molecule has 1 aromatic heterocycles. The summed E-state index contributed by atoms with van der Waals surface area (Å²) in [6.07, 6.45) is 0. The first-order valence-corrected chi connectivity index (χ1v) is 13.3. The molecule has 5 aromatic rings. The van der Waals surface area contributed by atoms with Crippen molar-refractivity contribution in [2.45, 2.75) is 26.4 Å². The molecular weight excluding hydrogens is 524 g/mol. The van der Waals surface area contributed by atoms with E-state index in [0.717, 1.165) is 11.1 Å². The number of amides is 2. The van der Waals surface area contributed by atoms with Gasteiger partial charge in [-0.05, 0) is 61.9 Å². The van der Waals surface area contributed by atoms with Gasteiger partial charge in [0, 0.05) is 23.3 Å². The van der Waals surface area contributed by atoms with Crippen molar-refractivity contribution in [2.24, 2.45) is 0 Å². The van der Waals surface area contributed by atoms with Crippen molar-refractivity contribution in [2.75, 3.05) is 12.4 Å². The first-order valence-electron chi connectivity index (χ1n) is 12.9. The molecule has 1 atom stereocenters. The molecule has 7 nitrogen and oxygen atoms in total. The number of ether oxygens (including phenoxy) is 1. The molecule has 0 radical (unpaired) electrons. The molecule has 0 saturated heterocycles. The van der Waals surface area contributed by atoms with Crippen LogP contribution in [-0.2, 0) is 6.54 Å². The number of methoxy groups -OCH3 is 1. The zero-order valence-corrected chi connectivity index (χ0v) is 23.2. The van der Waals surface area contributed by atoms with Gasteiger partial charge in [-0.25, -0.2) is 9.78 Å². The Balaban J connectivity index is 1.65. The van der Waals surface area contributed by atoms with Crippen molar-refractivity contribution >= 4 is 34.2 Å². The fourth-order valence-corrected chi connectivity index (χ4v) is 4.77. The van der Waals surface area contributed by atoms with Crippen molar-refractivity contribution in [3.05, 3.63) is 129 Å². The average molecular weight is 553 g/mol. The number of hydrogen-bond acceptors (Lipinski definition) is 4. The van der Waals surface area contributed by atoms with Crippen LogP contribution in [0.3, 0.4) is 0 Å². The maximum Gasteiger partial charge on any atom is 0.322 e. The Kier molecular flexibility index (Phi) is 7.84. The molecule has 0 aliphatic carbocycles. The highest BCUT2D eigenvalue weighted by molar-refractivity contribution is 6.31. The summed E-state index contributed by atoms with van der Waals surface area (Å²) in [4.78, 5) is 34.3. The molecule has 1 N–H and O–H groups in total. The summed E-state index contributed by atoms with van der Waals surface area (Å²) >= 11 is 6.28. The number of hydrogen-bond donors (Lipinski definition) is 1. The highest BCUT2D eigenvalue weighted by Crippen LogP contribution is 2.27. The normalized spacial score (nSPS) is 11.7. The Morgan fingerprint density at radius 1 is 1.00 bits per heavy atom. The standard InChI is InChI=1S/C32H29ClN4O3/c1-21-12-15-26(16-13-21)37-30(35-29-18-24(33)14-17-28(29)31(37)38)22(2)36(20-23-8-5-4-6-9-23)32(39)34-25-10-7-11-27(19-25)40-3/h4-19,22H,20H2,1-3H3,(H,34,39). The van der Waals surface area contributed by atoms with Crippen LogP contribution in [0.15, 0.2) is 102 Å². The van der Waals surface area contributed by atoms with Crippen LogP contribution < -0.4 is 15.6 Å². The lowest BCUT2D eigenvalue weighted by Gasteiger charge is -2.31. The first kappa shape index (κ1) is 27.0. The van der Waals surface area contributed by atoms with E-state index in [0.29, 0.717) is 38.9 Å². The molecule has 5 rings (SSSR count). The summed E-state index contributed by atoms with van der Waals surface area (Å²) in [6.45, 7) is 4.15. The maximum absolute atomic E-state index is 13.9. The molecule has 0 aliphatic rings. The Morgan fingerprint density at radius 2 is 1.75 bits per heavy atom. The van der Waals surface area contributed by atoms with Gasteiger partial charge in [0.05, 0.1) is 29.7 Å². The number of carbonyl (C=O) groups excluding carboxylic acids is 1. The zero-order chi connectivity index (χ0) is 28.2. The van der Waals surface area contributed by atoms with Crippen LogP contribution in [0.1, 0.15) is 29.9 Å². The highest BCUT2D eigenvalue weighted by atomic mass is 35.5. The quantitative estimate of drug-likeness (QED) is 0.232. The van der Waals surface area contributed by atoms with Crippen molar-refractivity contribution in [1.82, 2.24) is 14.5 Å². The van der Waals surface area contributed by atoms with Crippen molar-refractivity contribution < 1.29 is 9.53 Å². The number of urea groups is 1. The molecule has 202 valence electrons. The Morgan fingerprint density at radius 3 is 2.48 bits per heavy atom. The molecule has 0 saturated carbocycles. The van der Waals surface area contributed by atoms with E-state index in [-0.39, 0.29) is 18.1 Å². The van der Waals surface area contributed by atoms with E-state index in [2.05, 4.69) is 5.32 Å². The van der Waals surface area contributed by atoms with E-state index < -0.39 is 6.04 Å². The number of halogens is 1. The molecule has 1 heterocycles. The summed E-state index contributed by atoms with van der Waals surface area (Å²) in [6, 6.07) is 28.6. The van der Waals surface area contributed by atoms with Crippen LogP contribution in [0.2, 0.25) is 5.02 Å². The van der Waals surface area contributed by atoms with Gasteiger partial charge in [-0.3, -0.25) is 9.36 Å². The summed E-state index contributed by atoms with van der Waals surface area (Å²) < 4.78 is 6.90. The molecule has 0 bridgehead atoms. The van der Waals surface area contributed by atoms with Gasteiger partial charge in [0.25, 0.3) is 5.56 Å². The second kappa shape index (κ2) is 11.6. The van der Waals surface area contributed by atoms with Gasteiger partial charge in [-0.2, -0.15) is 0 Å². The number of carbonyl (C=O) groups is 1. The lowest BCUT2D eigenvalue weighted by molar-refractivity contribution is 0.185. The molecule has 40 heavy (non-hydrogen) atoms.